The number of nitrogens with one attached hydrogen (secondary N) is 1. The second-order valence-electron chi connectivity index (χ2n) is 4.38. The number of methoxy groups -OCH3 is 1. The van der Waals surface area contributed by atoms with Crippen LogP contribution in [0.25, 0.3) is 0 Å². The molecule has 0 saturated heterocycles. The number of aromatic nitrogens is 1. The van der Waals surface area contributed by atoms with Crippen molar-refractivity contribution in [1.82, 2.24) is 10.4 Å². The van der Waals surface area contributed by atoms with Crippen molar-refractivity contribution in [2.45, 2.75) is 13.3 Å². The first-order chi connectivity index (χ1) is 10.5. The van der Waals surface area contributed by atoms with E-state index in [-0.39, 0.29) is 18.1 Å². The van der Waals surface area contributed by atoms with E-state index in [4.69, 9.17) is 4.74 Å². The van der Waals surface area contributed by atoms with Gasteiger partial charge in [0.05, 0.1) is 34.9 Å². The second kappa shape index (κ2) is 7.37. The highest BCUT2D eigenvalue weighted by molar-refractivity contribution is 9.10. The molecule has 116 valence electrons. The van der Waals surface area contributed by atoms with Gasteiger partial charge in [-0.05, 0) is 40.5 Å². The molecule has 0 spiro atoms. The summed E-state index contributed by atoms with van der Waals surface area (Å²) in [6.45, 7) is 1.89. The van der Waals surface area contributed by atoms with E-state index >= 15 is 0 Å². The molecule has 2 rings (SSSR count). The molecule has 0 atom stereocenters. The third-order valence-corrected chi connectivity index (χ3v) is 4.11. The van der Waals surface area contributed by atoms with Crippen LogP contribution in [0.5, 0.6) is 11.5 Å². The minimum atomic E-state index is -0.244. The number of rotatable bonds is 5. The first kappa shape index (κ1) is 16.4. The highest BCUT2D eigenvalue weighted by atomic mass is 79.9. The zero-order chi connectivity index (χ0) is 16.1. The number of amides is 1. The number of thiazole rings is 1. The number of nitrogens with zero attached hydrogens (tertiary/aromatic N) is 2. The minimum Gasteiger partial charge on any atom is -0.503 e. The van der Waals surface area contributed by atoms with E-state index < -0.39 is 0 Å². The summed E-state index contributed by atoms with van der Waals surface area (Å²) in [5.41, 5.74) is 3.84. The standard InChI is InChI=1S/C14H14BrN3O3S/c1-8-17-10(7-22-8)5-13(19)18-16-6-9-3-11(15)14(20)12(4-9)21-2/h3-4,6-7,20H,5H2,1-2H3,(H,18,19). The monoisotopic (exact) mass is 383 g/mol. The summed E-state index contributed by atoms with van der Waals surface area (Å²) in [7, 11) is 1.46. The Kier molecular flexibility index (Phi) is 5.51. The summed E-state index contributed by atoms with van der Waals surface area (Å²) < 4.78 is 5.52. The summed E-state index contributed by atoms with van der Waals surface area (Å²) in [6, 6.07) is 3.27. The quantitative estimate of drug-likeness (QED) is 0.613. The Morgan fingerprint density at radius 1 is 1.59 bits per heavy atom. The van der Waals surface area contributed by atoms with Crippen molar-refractivity contribution in [2.24, 2.45) is 5.10 Å². The molecule has 1 aromatic carbocycles. The average molecular weight is 384 g/mol. The number of phenolic OH excluding ortho intramolecular Hbond substituents is 1. The minimum absolute atomic E-state index is 0.0163. The molecule has 0 aliphatic rings. The molecule has 22 heavy (non-hydrogen) atoms. The van der Waals surface area contributed by atoms with Crippen LogP contribution in [0.2, 0.25) is 0 Å². The summed E-state index contributed by atoms with van der Waals surface area (Å²) >= 11 is 4.72. The molecule has 0 aliphatic heterocycles. The Hall–Kier alpha value is -1.93. The van der Waals surface area contributed by atoms with Crippen LogP contribution in [-0.2, 0) is 11.2 Å². The summed E-state index contributed by atoms with van der Waals surface area (Å²) in [5, 5.41) is 16.4. The molecular formula is C14H14BrN3O3S. The maximum absolute atomic E-state index is 11.7. The van der Waals surface area contributed by atoms with Crippen LogP contribution in [0.3, 0.4) is 0 Å². The fourth-order valence-corrected chi connectivity index (χ4v) is 2.77. The van der Waals surface area contributed by atoms with Gasteiger partial charge in [-0.3, -0.25) is 4.79 Å². The van der Waals surface area contributed by atoms with Crippen LogP contribution >= 0.6 is 27.3 Å². The predicted octanol–water partition coefficient (Wildman–Crippen LogP) is 2.62. The number of hydrogen-bond acceptors (Lipinski definition) is 6. The van der Waals surface area contributed by atoms with E-state index in [1.54, 1.807) is 12.1 Å². The van der Waals surface area contributed by atoms with Gasteiger partial charge in [0.25, 0.3) is 0 Å². The van der Waals surface area contributed by atoms with Gasteiger partial charge in [-0.15, -0.1) is 11.3 Å². The number of hydrogen-bond donors (Lipinski definition) is 2. The first-order valence-corrected chi connectivity index (χ1v) is 7.96. The van der Waals surface area contributed by atoms with E-state index in [1.807, 2.05) is 12.3 Å². The SMILES string of the molecule is COc1cc(C=NNC(=O)Cc2csc(C)n2)cc(Br)c1O. The molecule has 1 amide bonds. The third-order valence-electron chi connectivity index (χ3n) is 2.68. The van der Waals surface area contributed by atoms with Gasteiger partial charge < -0.3 is 9.84 Å². The van der Waals surface area contributed by atoms with Crippen molar-refractivity contribution in [3.05, 3.63) is 38.3 Å². The smallest absolute Gasteiger partial charge is 0.246 e. The molecule has 1 aromatic heterocycles. The van der Waals surface area contributed by atoms with Crippen molar-refractivity contribution >= 4 is 39.4 Å². The van der Waals surface area contributed by atoms with Crippen LogP contribution < -0.4 is 10.2 Å². The van der Waals surface area contributed by atoms with E-state index in [2.05, 4.69) is 31.4 Å². The summed E-state index contributed by atoms with van der Waals surface area (Å²) in [6.07, 6.45) is 1.65. The van der Waals surface area contributed by atoms with E-state index in [9.17, 15) is 9.90 Å². The van der Waals surface area contributed by atoms with Gasteiger partial charge in [-0.25, -0.2) is 10.4 Å². The summed E-state index contributed by atoms with van der Waals surface area (Å²) in [4.78, 5) is 15.9. The van der Waals surface area contributed by atoms with Crippen LogP contribution in [0.4, 0.5) is 0 Å². The Bertz CT molecular complexity index is 715. The number of halogens is 1. The van der Waals surface area contributed by atoms with Crippen LogP contribution in [0, 0.1) is 6.92 Å². The second-order valence-corrected chi connectivity index (χ2v) is 6.30. The van der Waals surface area contributed by atoms with Crippen molar-refractivity contribution < 1.29 is 14.6 Å². The normalized spacial score (nSPS) is 10.9. The van der Waals surface area contributed by atoms with Gasteiger partial charge in [0, 0.05) is 5.38 Å². The van der Waals surface area contributed by atoms with E-state index in [0.717, 1.165) is 10.7 Å². The topological polar surface area (TPSA) is 83.8 Å². The number of ether oxygens (including phenoxy) is 1. The molecule has 0 saturated carbocycles. The maximum atomic E-state index is 11.7. The fourth-order valence-electron chi connectivity index (χ4n) is 1.70. The third kappa shape index (κ3) is 4.28. The number of benzene rings is 1. The Morgan fingerprint density at radius 2 is 2.36 bits per heavy atom. The van der Waals surface area contributed by atoms with E-state index in [0.29, 0.717) is 15.8 Å². The van der Waals surface area contributed by atoms with Crippen molar-refractivity contribution in [3.8, 4) is 11.5 Å². The van der Waals surface area contributed by atoms with Gasteiger partial charge in [0.2, 0.25) is 5.91 Å². The highest BCUT2D eigenvalue weighted by Gasteiger charge is 2.08. The van der Waals surface area contributed by atoms with Crippen molar-refractivity contribution in [2.75, 3.05) is 7.11 Å². The molecule has 0 unspecified atom stereocenters. The number of carbonyl (C=O) groups excluding carboxylic acids is 1. The fraction of sp³-hybridized carbons (Fsp3) is 0.214. The number of carbonyl (C=O) groups is 1. The Labute approximate surface area is 140 Å². The molecule has 6 nitrogen and oxygen atoms in total. The van der Waals surface area contributed by atoms with Gasteiger partial charge >= 0.3 is 0 Å². The van der Waals surface area contributed by atoms with Crippen molar-refractivity contribution in [3.63, 3.8) is 0 Å². The average Bonchev–Trinajstić information content (AvgIpc) is 2.87. The molecule has 0 bridgehead atoms. The lowest BCUT2D eigenvalue weighted by Crippen LogP contribution is -2.19. The molecule has 0 aliphatic carbocycles. The number of aromatic hydroxyl groups is 1. The summed E-state index contributed by atoms with van der Waals surface area (Å²) in [5.74, 6) is 0.0917. The van der Waals surface area contributed by atoms with E-state index in [1.165, 1.54) is 24.7 Å². The molecule has 0 radical (unpaired) electrons. The van der Waals surface area contributed by atoms with Crippen LogP contribution in [0.1, 0.15) is 16.3 Å². The maximum Gasteiger partial charge on any atom is 0.246 e. The zero-order valence-corrected chi connectivity index (χ0v) is 14.4. The molecule has 2 aromatic rings. The number of hydrazone groups is 1. The molecular weight excluding hydrogens is 370 g/mol. The van der Waals surface area contributed by atoms with Gasteiger partial charge in [-0.2, -0.15) is 5.10 Å². The van der Waals surface area contributed by atoms with Crippen molar-refractivity contribution in [1.29, 1.82) is 0 Å². The largest absolute Gasteiger partial charge is 0.503 e. The Balaban J connectivity index is 1.97. The van der Waals surface area contributed by atoms with Gasteiger partial charge in [0.1, 0.15) is 0 Å². The lowest BCUT2D eigenvalue weighted by molar-refractivity contribution is -0.120. The lowest BCUT2D eigenvalue weighted by atomic mass is 10.2. The zero-order valence-electron chi connectivity index (χ0n) is 12.0. The number of phenols is 1. The Morgan fingerprint density at radius 3 is 3.00 bits per heavy atom. The number of aryl methyl sites for hydroxylation is 1. The first-order valence-electron chi connectivity index (χ1n) is 6.29. The van der Waals surface area contributed by atoms with Gasteiger partial charge in [0.15, 0.2) is 11.5 Å². The molecule has 8 heteroatoms. The molecule has 0 fully saturated rings. The molecule has 1 heterocycles. The predicted molar refractivity (Wildman–Crippen MR) is 88.7 cm³/mol. The lowest BCUT2D eigenvalue weighted by Gasteiger charge is -2.06. The molecule has 2 N–H and O–H groups in total. The highest BCUT2D eigenvalue weighted by Crippen LogP contribution is 2.34. The van der Waals surface area contributed by atoms with Gasteiger partial charge in [-0.1, -0.05) is 0 Å². The van der Waals surface area contributed by atoms with Crippen LogP contribution in [-0.4, -0.2) is 29.3 Å². The van der Waals surface area contributed by atoms with Crippen LogP contribution in [0.15, 0.2) is 27.1 Å².